The molecule has 1 aromatic heterocycles. The van der Waals surface area contributed by atoms with Gasteiger partial charge in [-0.3, -0.25) is 4.79 Å². The summed E-state index contributed by atoms with van der Waals surface area (Å²) < 4.78 is 29.3. The van der Waals surface area contributed by atoms with Gasteiger partial charge in [-0.25, -0.2) is 13.6 Å². The average Bonchev–Trinajstić information content (AvgIpc) is 3.14. The van der Waals surface area contributed by atoms with Crippen LogP contribution in [0.15, 0.2) is 75.5 Å². The van der Waals surface area contributed by atoms with Crippen molar-refractivity contribution in [3.05, 3.63) is 75.6 Å². The summed E-state index contributed by atoms with van der Waals surface area (Å²) in [5.41, 5.74) is 1.09. The number of benzene rings is 2. The number of nitriles is 1. The molecule has 0 bridgehead atoms. The maximum atomic E-state index is 12.4. The molecule has 0 radical (unpaired) electrons. The summed E-state index contributed by atoms with van der Waals surface area (Å²) in [4.78, 5) is 12.3. The number of carbonyl (C=O) groups excluding carboxylic acids is 1. The summed E-state index contributed by atoms with van der Waals surface area (Å²) >= 11 is 2.13. The average molecular weight is 519 g/mol. The van der Waals surface area contributed by atoms with Gasteiger partial charge in [0.1, 0.15) is 23.2 Å². The van der Waals surface area contributed by atoms with Gasteiger partial charge in [-0.2, -0.15) is 5.26 Å². The van der Waals surface area contributed by atoms with E-state index in [4.69, 9.17) is 9.56 Å². The van der Waals surface area contributed by atoms with Crippen molar-refractivity contribution >= 4 is 50.3 Å². The van der Waals surface area contributed by atoms with Crippen molar-refractivity contribution in [3.63, 3.8) is 0 Å². The number of furan rings is 1. The van der Waals surface area contributed by atoms with Crippen LogP contribution in [0.2, 0.25) is 0 Å². The van der Waals surface area contributed by atoms with Crippen molar-refractivity contribution in [1.82, 2.24) is 0 Å². The molecule has 0 aliphatic heterocycles. The number of nitrogens with one attached hydrogen (secondary N) is 1. The minimum absolute atomic E-state index is 0.00747. The lowest BCUT2D eigenvalue weighted by Crippen LogP contribution is -2.13. The summed E-state index contributed by atoms with van der Waals surface area (Å²) in [6.07, 6.45) is 1.34. The SMILES string of the molecule is N#C/C(=C\c1ccc(-c2ccc(S(N)(=O)=O)cc2)o1)C(=O)Nc1cccc(I)c1. The molecule has 0 aliphatic carbocycles. The first kappa shape index (κ1) is 20.8. The van der Waals surface area contributed by atoms with Crippen molar-refractivity contribution < 1.29 is 17.6 Å². The minimum Gasteiger partial charge on any atom is -0.457 e. The van der Waals surface area contributed by atoms with Crippen LogP contribution < -0.4 is 10.5 Å². The summed E-state index contributed by atoms with van der Waals surface area (Å²) in [6.45, 7) is 0. The summed E-state index contributed by atoms with van der Waals surface area (Å²) in [5.74, 6) is 0.211. The van der Waals surface area contributed by atoms with Gasteiger partial charge in [0.2, 0.25) is 10.0 Å². The van der Waals surface area contributed by atoms with E-state index < -0.39 is 15.9 Å². The van der Waals surface area contributed by atoms with Crippen molar-refractivity contribution in [1.29, 1.82) is 5.26 Å². The van der Waals surface area contributed by atoms with E-state index in [1.54, 1.807) is 42.5 Å². The van der Waals surface area contributed by atoms with Crippen molar-refractivity contribution in [2.45, 2.75) is 4.90 Å². The van der Waals surface area contributed by atoms with E-state index in [0.717, 1.165) is 3.57 Å². The number of rotatable bonds is 5. The number of hydrogen-bond donors (Lipinski definition) is 2. The molecule has 29 heavy (non-hydrogen) atoms. The highest BCUT2D eigenvalue weighted by atomic mass is 127. The first-order valence-corrected chi connectivity index (χ1v) is 10.8. The first-order valence-electron chi connectivity index (χ1n) is 8.18. The Morgan fingerprint density at radius 2 is 1.86 bits per heavy atom. The Labute approximate surface area is 181 Å². The highest BCUT2D eigenvalue weighted by Crippen LogP contribution is 2.25. The van der Waals surface area contributed by atoms with E-state index in [-0.39, 0.29) is 10.5 Å². The molecule has 0 unspecified atom stereocenters. The van der Waals surface area contributed by atoms with Gasteiger partial charge in [0.25, 0.3) is 5.91 Å². The van der Waals surface area contributed by atoms with Crippen LogP contribution in [0.25, 0.3) is 17.4 Å². The second-order valence-corrected chi connectivity index (χ2v) is 8.71. The minimum atomic E-state index is -3.78. The van der Waals surface area contributed by atoms with Crippen LogP contribution in [0.3, 0.4) is 0 Å². The Morgan fingerprint density at radius 1 is 1.14 bits per heavy atom. The molecule has 3 rings (SSSR count). The summed E-state index contributed by atoms with van der Waals surface area (Å²) in [6, 6.07) is 18.2. The summed E-state index contributed by atoms with van der Waals surface area (Å²) in [5, 5.41) is 17.1. The van der Waals surface area contributed by atoms with Crippen LogP contribution in [0.5, 0.6) is 0 Å². The number of carbonyl (C=O) groups is 1. The number of anilines is 1. The Morgan fingerprint density at radius 3 is 2.48 bits per heavy atom. The smallest absolute Gasteiger partial charge is 0.266 e. The number of nitrogens with two attached hydrogens (primary N) is 1. The Bertz CT molecular complexity index is 1240. The molecule has 0 saturated heterocycles. The molecular weight excluding hydrogens is 505 g/mol. The van der Waals surface area contributed by atoms with Crippen LogP contribution in [0.4, 0.5) is 5.69 Å². The number of sulfonamides is 1. The Balaban J connectivity index is 1.80. The third-order valence-corrected chi connectivity index (χ3v) is 5.43. The number of nitrogens with zero attached hydrogens (tertiary/aromatic N) is 1. The fourth-order valence-corrected chi connectivity index (χ4v) is 3.51. The van der Waals surface area contributed by atoms with Crippen LogP contribution in [0.1, 0.15) is 5.76 Å². The fourth-order valence-electron chi connectivity index (χ4n) is 2.45. The molecule has 7 nitrogen and oxygen atoms in total. The van der Waals surface area contributed by atoms with Crippen LogP contribution >= 0.6 is 22.6 Å². The number of halogens is 1. The lowest BCUT2D eigenvalue weighted by Gasteiger charge is -2.04. The van der Waals surface area contributed by atoms with E-state index >= 15 is 0 Å². The third-order valence-electron chi connectivity index (χ3n) is 3.83. The molecule has 0 atom stereocenters. The number of primary sulfonamides is 1. The van der Waals surface area contributed by atoms with Gasteiger partial charge in [0.15, 0.2) is 0 Å². The molecule has 2 aromatic carbocycles. The molecule has 1 amide bonds. The van der Waals surface area contributed by atoms with Gasteiger partial charge in [0.05, 0.1) is 4.90 Å². The van der Waals surface area contributed by atoms with Crippen molar-refractivity contribution in [3.8, 4) is 17.4 Å². The molecule has 146 valence electrons. The second-order valence-electron chi connectivity index (χ2n) is 5.91. The molecule has 3 aromatic rings. The second kappa shape index (κ2) is 8.60. The van der Waals surface area contributed by atoms with E-state index in [1.165, 1.54) is 18.2 Å². The highest BCUT2D eigenvalue weighted by molar-refractivity contribution is 14.1. The Kier molecular flexibility index (Phi) is 6.17. The van der Waals surface area contributed by atoms with E-state index in [2.05, 4.69) is 27.9 Å². The quantitative estimate of drug-likeness (QED) is 0.302. The molecule has 0 saturated carbocycles. The molecule has 9 heteroatoms. The number of hydrogen-bond acceptors (Lipinski definition) is 5. The zero-order valence-electron chi connectivity index (χ0n) is 14.8. The fraction of sp³-hybridized carbons (Fsp3) is 0. The van der Waals surface area contributed by atoms with Gasteiger partial charge in [-0.05, 0) is 77.2 Å². The van der Waals surface area contributed by atoms with Gasteiger partial charge < -0.3 is 9.73 Å². The maximum Gasteiger partial charge on any atom is 0.266 e. The normalized spacial score (nSPS) is 11.7. The lowest BCUT2D eigenvalue weighted by molar-refractivity contribution is -0.112. The molecule has 1 heterocycles. The van der Waals surface area contributed by atoms with Crippen LogP contribution in [-0.4, -0.2) is 14.3 Å². The molecule has 0 spiro atoms. The van der Waals surface area contributed by atoms with E-state index in [0.29, 0.717) is 22.8 Å². The van der Waals surface area contributed by atoms with Gasteiger partial charge in [-0.1, -0.05) is 6.07 Å². The number of amides is 1. The maximum absolute atomic E-state index is 12.4. The Hall–Kier alpha value is -2.94. The summed E-state index contributed by atoms with van der Waals surface area (Å²) in [7, 11) is -3.78. The highest BCUT2D eigenvalue weighted by Gasteiger charge is 2.13. The largest absolute Gasteiger partial charge is 0.457 e. The van der Waals surface area contributed by atoms with Crippen LogP contribution in [-0.2, 0) is 14.8 Å². The van der Waals surface area contributed by atoms with E-state index in [9.17, 15) is 18.5 Å². The standard InChI is InChI=1S/C20H14IN3O4S/c21-15-2-1-3-16(11-15)24-20(25)14(12-22)10-17-6-9-19(28-17)13-4-7-18(8-5-13)29(23,26)27/h1-11H,(H,24,25)(H2,23,26,27)/b14-10+. The topological polar surface area (TPSA) is 126 Å². The predicted octanol–water partition coefficient (Wildman–Crippen LogP) is 3.74. The first-order chi connectivity index (χ1) is 13.8. The zero-order valence-corrected chi connectivity index (χ0v) is 17.8. The third kappa shape index (κ3) is 5.32. The molecule has 0 aliphatic rings. The van der Waals surface area contributed by atoms with Crippen molar-refractivity contribution in [2.75, 3.05) is 5.32 Å². The predicted molar refractivity (Wildman–Crippen MR) is 117 cm³/mol. The molecular formula is C20H14IN3O4S. The lowest BCUT2D eigenvalue weighted by atomic mass is 10.2. The molecule has 3 N–H and O–H groups in total. The van der Waals surface area contributed by atoms with Gasteiger partial charge in [-0.15, -0.1) is 0 Å². The molecule has 0 fully saturated rings. The van der Waals surface area contributed by atoms with Crippen LogP contribution in [0, 0.1) is 14.9 Å². The monoisotopic (exact) mass is 519 g/mol. The zero-order chi connectivity index (χ0) is 21.0. The van der Waals surface area contributed by atoms with Gasteiger partial charge in [0, 0.05) is 20.9 Å². The van der Waals surface area contributed by atoms with Crippen molar-refractivity contribution in [2.24, 2.45) is 5.14 Å². The van der Waals surface area contributed by atoms with E-state index in [1.807, 2.05) is 12.1 Å². The van der Waals surface area contributed by atoms with Gasteiger partial charge >= 0.3 is 0 Å².